The minimum Gasteiger partial charge on any atom is -0.376 e. The monoisotopic (exact) mass is 332 g/mol. The lowest BCUT2D eigenvalue weighted by molar-refractivity contribution is 0.0806. The minimum atomic E-state index is -1.94. The first-order valence-corrected chi connectivity index (χ1v) is 10.8. The van der Waals surface area contributed by atoms with Crippen molar-refractivity contribution in [3.8, 4) is 0 Å². The highest BCUT2D eigenvalue weighted by atomic mass is 28.3. The summed E-state index contributed by atoms with van der Waals surface area (Å²) in [6.07, 6.45) is 6.92. The topological polar surface area (TPSA) is 27.7 Å². The standard InChI is InChI=1S/C18H40O3Si/c1-7-16(4)10-13-19-22(20-14-11-17(5)8-2)21-15-12-18(6)9-3/h16-18,22H,7-15H2,1-6H3. The molecular weight excluding hydrogens is 292 g/mol. The van der Waals surface area contributed by atoms with Crippen LogP contribution in [-0.2, 0) is 13.3 Å². The largest absolute Gasteiger partial charge is 0.484 e. The van der Waals surface area contributed by atoms with E-state index in [1.54, 1.807) is 0 Å². The highest BCUT2D eigenvalue weighted by molar-refractivity contribution is 6.36. The third-order valence-electron chi connectivity index (χ3n) is 4.68. The number of hydrogen-bond acceptors (Lipinski definition) is 3. The van der Waals surface area contributed by atoms with Crippen LogP contribution in [0.15, 0.2) is 0 Å². The zero-order valence-corrected chi connectivity index (χ0v) is 17.1. The SMILES string of the molecule is CCC(C)CCO[SiH](OCCC(C)CC)OCCC(C)CC. The molecule has 3 atom stereocenters. The van der Waals surface area contributed by atoms with E-state index in [0.29, 0.717) is 0 Å². The van der Waals surface area contributed by atoms with Crippen LogP contribution in [0.25, 0.3) is 0 Å². The molecule has 0 saturated heterocycles. The average molecular weight is 333 g/mol. The fraction of sp³-hybridized carbons (Fsp3) is 1.00. The molecule has 0 saturated carbocycles. The van der Waals surface area contributed by atoms with Gasteiger partial charge in [-0.2, -0.15) is 0 Å². The smallest absolute Gasteiger partial charge is 0.376 e. The van der Waals surface area contributed by atoms with Gasteiger partial charge in [0.05, 0.1) is 0 Å². The first kappa shape index (κ1) is 22.1. The maximum Gasteiger partial charge on any atom is 0.484 e. The van der Waals surface area contributed by atoms with Gasteiger partial charge in [0, 0.05) is 19.8 Å². The zero-order chi connectivity index (χ0) is 16.8. The second-order valence-electron chi connectivity index (χ2n) is 6.81. The molecule has 0 aromatic heterocycles. The molecule has 0 aliphatic rings. The van der Waals surface area contributed by atoms with Crippen molar-refractivity contribution in [1.29, 1.82) is 0 Å². The molecule has 0 aromatic carbocycles. The summed E-state index contributed by atoms with van der Waals surface area (Å²) in [4.78, 5) is 0. The van der Waals surface area contributed by atoms with Crippen LogP contribution in [0.1, 0.15) is 80.1 Å². The van der Waals surface area contributed by atoms with Crippen LogP contribution in [0.3, 0.4) is 0 Å². The Morgan fingerprint density at radius 1 is 0.591 bits per heavy atom. The van der Waals surface area contributed by atoms with Crippen molar-refractivity contribution in [3.05, 3.63) is 0 Å². The number of hydrogen-bond donors (Lipinski definition) is 0. The van der Waals surface area contributed by atoms with E-state index < -0.39 is 9.53 Å². The Morgan fingerprint density at radius 3 is 1.09 bits per heavy atom. The van der Waals surface area contributed by atoms with Gasteiger partial charge in [-0.3, -0.25) is 0 Å². The van der Waals surface area contributed by atoms with Crippen molar-refractivity contribution < 1.29 is 13.3 Å². The van der Waals surface area contributed by atoms with Gasteiger partial charge in [0.15, 0.2) is 0 Å². The van der Waals surface area contributed by atoms with Crippen LogP contribution in [-0.4, -0.2) is 29.3 Å². The molecule has 0 radical (unpaired) electrons. The third-order valence-corrected chi connectivity index (χ3v) is 6.21. The fourth-order valence-corrected chi connectivity index (χ4v) is 3.13. The summed E-state index contributed by atoms with van der Waals surface area (Å²) in [7, 11) is -1.94. The fourth-order valence-electron chi connectivity index (χ4n) is 1.85. The molecule has 4 heteroatoms. The molecule has 0 rings (SSSR count). The van der Waals surface area contributed by atoms with Gasteiger partial charge >= 0.3 is 9.53 Å². The van der Waals surface area contributed by atoms with E-state index in [1.807, 2.05) is 0 Å². The predicted octanol–water partition coefficient (Wildman–Crippen LogP) is 5.06. The maximum atomic E-state index is 5.94. The van der Waals surface area contributed by atoms with E-state index in [0.717, 1.165) is 56.8 Å². The summed E-state index contributed by atoms with van der Waals surface area (Å²) in [5.74, 6) is 2.15. The summed E-state index contributed by atoms with van der Waals surface area (Å²) >= 11 is 0. The van der Waals surface area contributed by atoms with Crippen molar-refractivity contribution in [2.75, 3.05) is 19.8 Å². The molecule has 0 aromatic rings. The van der Waals surface area contributed by atoms with Crippen LogP contribution in [0, 0.1) is 17.8 Å². The van der Waals surface area contributed by atoms with E-state index in [2.05, 4.69) is 41.5 Å². The summed E-state index contributed by atoms with van der Waals surface area (Å²) in [5.41, 5.74) is 0. The van der Waals surface area contributed by atoms with Crippen molar-refractivity contribution in [1.82, 2.24) is 0 Å². The molecule has 0 amide bonds. The van der Waals surface area contributed by atoms with Crippen LogP contribution >= 0.6 is 0 Å². The van der Waals surface area contributed by atoms with E-state index in [9.17, 15) is 0 Å². The van der Waals surface area contributed by atoms with E-state index in [-0.39, 0.29) is 0 Å². The van der Waals surface area contributed by atoms with Gasteiger partial charge in [-0.05, 0) is 37.0 Å². The van der Waals surface area contributed by atoms with Crippen LogP contribution in [0.5, 0.6) is 0 Å². The molecule has 0 aliphatic carbocycles. The molecule has 3 unspecified atom stereocenters. The van der Waals surface area contributed by atoms with Gasteiger partial charge in [-0.1, -0.05) is 60.8 Å². The highest BCUT2D eigenvalue weighted by Gasteiger charge is 2.17. The summed E-state index contributed by atoms with van der Waals surface area (Å²) in [5, 5.41) is 0. The van der Waals surface area contributed by atoms with Crippen molar-refractivity contribution in [2.24, 2.45) is 17.8 Å². The van der Waals surface area contributed by atoms with Gasteiger partial charge in [-0.25, -0.2) is 0 Å². The van der Waals surface area contributed by atoms with Gasteiger partial charge in [0.2, 0.25) is 0 Å². The molecular formula is C18H40O3Si. The molecule has 0 fully saturated rings. The zero-order valence-electron chi connectivity index (χ0n) is 15.9. The second kappa shape index (κ2) is 14.7. The van der Waals surface area contributed by atoms with E-state index in [4.69, 9.17) is 13.3 Å². The Balaban J connectivity index is 4.01. The van der Waals surface area contributed by atoms with Crippen LogP contribution < -0.4 is 0 Å². The molecule has 0 N–H and O–H groups in total. The van der Waals surface area contributed by atoms with E-state index in [1.165, 1.54) is 19.3 Å². The Morgan fingerprint density at radius 2 is 0.864 bits per heavy atom. The van der Waals surface area contributed by atoms with Crippen molar-refractivity contribution in [2.45, 2.75) is 80.1 Å². The summed E-state index contributed by atoms with van der Waals surface area (Å²) in [6, 6.07) is 0. The Kier molecular flexibility index (Phi) is 14.7. The average Bonchev–Trinajstić information content (AvgIpc) is 2.53. The third kappa shape index (κ3) is 12.6. The molecule has 0 heterocycles. The molecule has 0 aliphatic heterocycles. The van der Waals surface area contributed by atoms with Gasteiger partial charge in [0.1, 0.15) is 0 Å². The summed E-state index contributed by atoms with van der Waals surface area (Å²) < 4.78 is 17.8. The lowest BCUT2D eigenvalue weighted by Crippen LogP contribution is -2.29. The molecule has 3 nitrogen and oxygen atoms in total. The van der Waals surface area contributed by atoms with Crippen LogP contribution in [0.2, 0.25) is 0 Å². The van der Waals surface area contributed by atoms with Gasteiger partial charge in [0.25, 0.3) is 0 Å². The lowest BCUT2D eigenvalue weighted by atomic mass is 10.1. The van der Waals surface area contributed by atoms with Crippen LogP contribution in [0.4, 0.5) is 0 Å². The minimum absolute atomic E-state index is 0.717. The molecule has 134 valence electrons. The molecule has 22 heavy (non-hydrogen) atoms. The van der Waals surface area contributed by atoms with E-state index >= 15 is 0 Å². The quantitative estimate of drug-likeness (QED) is 0.392. The Hall–Kier alpha value is 0.0969. The second-order valence-corrected chi connectivity index (χ2v) is 8.38. The lowest BCUT2D eigenvalue weighted by Gasteiger charge is -2.19. The van der Waals surface area contributed by atoms with Gasteiger partial charge < -0.3 is 13.3 Å². The van der Waals surface area contributed by atoms with Gasteiger partial charge in [-0.15, -0.1) is 0 Å². The normalized spacial score (nSPS) is 17.2. The molecule has 0 bridgehead atoms. The van der Waals surface area contributed by atoms with Crippen molar-refractivity contribution >= 4 is 9.53 Å². The highest BCUT2D eigenvalue weighted by Crippen LogP contribution is 2.11. The predicted molar refractivity (Wildman–Crippen MR) is 97.2 cm³/mol. The molecule has 0 spiro atoms. The first-order chi connectivity index (χ1) is 10.5. The number of rotatable bonds is 15. The Bertz CT molecular complexity index is 200. The maximum absolute atomic E-state index is 5.94. The first-order valence-electron chi connectivity index (χ1n) is 9.38. The summed E-state index contributed by atoms with van der Waals surface area (Å²) in [6.45, 7) is 15.8. The Labute approximate surface area is 141 Å². The van der Waals surface area contributed by atoms with Crippen molar-refractivity contribution in [3.63, 3.8) is 0 Å².